The van der Waals surface area contributed by atoms with E-state index < -0.39 is 16.6 Å². The number of hydrogen-bond acceptors (Lipinski definition) is 9. The van der Waals surface area contributed by atoms with Crippen molar-refractivity contribution in [2.75, 3.05) is 18.8 Å². The van der Waals surface area contributed by atoms with Crippen LogP contribution in [0.4, 0.5) is 14.6 Å². The minimum absolute atomic E-state index is 0.00910. The first-order chi connectivity index (χ1) is 17.6. The van der Waals surface area contributed by atoms with E-state index in [-0.39, 0.29) is 40.4 Å². The van der Waals surface area contributed by atoms with Gasteiger partial charge >= 0.3 is 6.61 Å². The molecule has 1 aliphatic rings. The fraction of sp³-hybridized carbons (Fsp3) is 0.417. The van der Waals surface area contributed by atoms with Gasteiger partial charge in [0.25, 0.3) is 10.0 Å². The number of nitrogens with zero attached hydrogens (tertiary/aromatic N) is 5. The molecule has 0 aliphatic heterocycles. The molecule has 1 fully saturated rings. The summed E-state index contributed by atoms with van der Waals surface area (Å²) in [6, 6.07) is 9.32. The third-order valence-corrected chi connectivity index (χ3v) is 7.67. The molecule has 0 saturated heterocycles. The van der Waals surface area contributed by atoms with Gasteiger partial charge in [0.15, 0.2) is 0 Å². The average Bonchev–Trinajstić information content (AvgIpc) is 2.84. The fourth-order valence-electron chi connectivity index (χ4n) is 4.46. The van der Waals surface area contributed by atoms with E-state index in [2.05, 4.69) is 29.4 Å². The number of aromatic nitrogens is 4. The summed E-state index contributed by atoms with van der Waals surface area (Å²) in [7, 11) is -0.00835. The number of pyridine rings is 2. The first-order valence-corrected chi connectivity index (χ1v) is 13.1. The largest absolute Gasteiger partial charge is 0.473 e. The summed E-state index contributed by atoms with van der Waals surface area (Å²) in [4.78, 5) is 18.4. The Hall–Kier alpha value is -3.45. The van der Waals surface area contributed by atoms with Gasteiger partial charge in [-0.15, -0.1) is 0 Å². The zero-order valence-corrected chi connectivity index (χ0v) is 21.4. The molecule has 3 aromatic heterocycles. The van der Waals surface area contributed by atoms with E-state index in [0.717, 1.165) is 6.42 Å². The first kappa shape index (κ1) is 26.6. The predicted molar refractivity (Wildman–Crippen MR) is 131 cm³/mol. The van der Waals surface area contributed by atoms with Crippen molar-refractivity contribution in [3.8, 4) is 11.8 Å². The quantitative estimate of drug-likeness (QED) is 0.439. The number of nitrogens with one attached hydrogen (secondary N) is 1. The second kappa shape index (κ2) is 11.3. The minimum Gasteiger partial charge on any atom is -0.473 e. The van der Waals surface area contributed by atoms with Crippen LogP contribution >= 0.6 is 0 Å². The lowest BCUT2D eigenvalue weighted by molar-refractivity contribution is -0.0530. The average molecular weight is 535 g/mol. The summed E-state index contributed by atoms with van der Waals surface area (Å²) >= 11 is 0. The van der Waals surface area contributed by atoms with Crippen molar-refractivity contribution in [3.05, 3.63) is 60.3 Å². The third kappa shape index (κ3) is 6.66. The smallest absolute Gasteiger partial charge is 0.388 e. The summed E-state index contributed by atoms with van der Waals surface area (Å²) < 4.78 is 63.9. The maximum atomic E-state index is 12.8. The van der Waals surface area contributed by atoms with E-state index in [1.807, 2.05) is 25.1 Å². The van der Waals surface area contributed by atoms with Crippen LogP contribution in [0.2, 0.25) is 0 Å². The Morgan fingerprint density at radius 1 is 1.08 bits per heavy atom. The van der Waals surface area contributed by atoms with Crippen molar-refractivity contribution < 1.29 is 26.7 Å². The SMILES string of the molecule is Cc1nc(O[C@H]2CC[C@H](c3cccc(OC(F)F)n3)C[C@@H]2N(C)C)ccc1S(=O)(=O)Nc1ccncn1. The van der Waals surface area contributed by atoms with Crippen LogP contribution in [0, 0.1) is 6.92 Å². The number of sulfonamides is 1. The van der Waals surface area contributed by atoms with Gasteiger partial charge in [-0.1, -0.05) is 6.07 Å². The molecule has 10 nitrogen and oxygen atoms in total. The van der Waals surface area contributed by atoms with E-state index in [4.69, 9.17) is 4.74 Å². The monoisotopic (exact) mass is 534 g/mol. The maximum absolute atomic E-state index is 12.8. The van der Waals surface area contributed by atoms with Gasteiger partial charge in [-0.2, -0.15) is 8.78 Å². The molecule has 1 aliphatic carbocycles. The lowest BCUT2D eigenvalue weighted by Gasteiger charge is -2.39. The Kier molecular flexibility index (Phi) is 8.13. The number of likely N-dealkylation sites (N-methyl/N-ethyl adjacent to an activating group) is 1. The van der Waals surface area contributed by atoms with Crippen LogP contribution < -0.4 is 14.2 Å². The van der Waals surface area contributed by atoms with E-state index in [1.165, 1.54) is 36.8 Å². The van der Waals surface area contributed by atoms with Crippen molar-refractivity contribution in [3.63, 3.8) is 0 Å². The molecule has 1 N–H and O–H groups in total. The standard InChI is InChI=1S/C24H28F2N6O4S/c1-15-20(37(33,34)31-21-11-12-27-14-28-21)9-10-23(29-15)35-19-8-7-16(13-18(19)32(2)3)17-5-4-6-22(30-17)36-24(25)26/h4-6,9-12,14,16,18-19,24H,7-8,13H2,1-3H3,(H,27,28,31)/t16-,18-,19-/m0/s1. The molecule has 4 rings (SSSR count). The predicted octanol–water partition coefficient (Wildman–Crippen LogP) is 3.62. The highest BCUT2D eigenvalue weighted by Gasteiger charge is 2.35. The fourth-order valence-corrected chi connectivity index (χ4v) is 5.64. The minimum atomic E-state index is -3.90. The Balaban J connectivity index is 1.46. The van der Waals surface area contributed by atoms with Gasteiger partial charge in [-0.3, -0.25) is 4.72 Å². The summed E-state index contributed by atoms with van der Waals surface area (Å²) in [5.74, 6) is 0.417. The van der Waals surface area contributed by atoms with Crippen molar-refractivity contribution >= 4 is 15.8 Å². The second-order valence-electron chi connectivity index (χ2n) is 8.91. The number of ether oxygens (including phenoxy) is 2. The lowest BCUT2D eigenvalue weighted by Crippen LogP contribution is -2.46. The van der Waals surface area contributed by atoms with Gasteiger partial charge in [0, 0.05) is 36.0 Å². The highest BCUT2D eigenvalue weighted by Crippen LogP contribution is 2.36. The van der Waals surface area contributed by atoms with Crippen LogP contribution in [-0.4, -0.2) is 66.1 Å². The number of aryl methyl sites for hydroxylation is 1. The van der Waals surface area contributed by atoms with E-state index in [9.17, 15) is 17.2 Å². The molecule has 198 valence electrons. The molecule has 0 spiro atoms. The molecular formula is C24H28F2N6O4S. The summed E-state index contributed by atoms with van der Waals surface area (Å²) in [5, 5.41) is 0. The van der Waals surface area contributed by atoms with Gasteiger partial charge in [0.2, 0.25) is 11.8 Å². The molecule has 3 atom stereocenters. The zero-order chi connectivity index (χ0) is 26.6. The number of rotatable bonds is 9. The Morgan fingerprint density at radius 2 is 1.89 bits per heavy atom. The summed E-state index contributed by atoms with van der Waals surface area (Å²) in [6.07, 6.45) is 4.57. The van der Waals surface area contributed by atoms with Crippen LogP contribution in [0.15, 0.2) is 53.8 Å². The molecule has 0 bridgehead atoms. The van der Waals surface area contributed by atoms with Gasteiger partial charge < -0.3 is 14.4 Å². The molecule has 1 saturated carbocycles. The van der Waals surface area contributed by atoms with Gasteiger partial charge in [0.1, 0.15) is 23.1 Å². The summed E-state index contributed by atoms with van der Waals surface area (Å²) in [5.41, 5.74) is 0.984. The molecule has 0 aromatic carbocycles. The lowest BCUT2D eigenvalue weighted by atomic mass is 9.81. The molecule has 3 aromatic rings. The van der Waals surface area contributed by atoms with Crippen LogP contribution in [0.3, 0.4) is 0 Å². The molecular weight excluding hydrogens is 506 g/mol. The van der Waals surface area contributed by atoms with Crippen LogP contribution in [0.25, 0.3) is 0 Å². The van der Waals surface area contributed by atoms with E-state index in [0.29, 0.717) is 24.4 Å². The van der Waals surface area contributed by atoms with Gasteiger partial charge in [-0.25, -0.2) is 28.4 Å². The summed E-state index contributed by atoms with van der Waals surface area (Å²) in [6.45, 7) is -1.33. The highest BCUT2D eigenvalue weighted by molar-refractivity contribution is 7.92. The van der Waals surface area contributed by atoms with Crippen LogP contribution in [-0.2, 0) is 10.0 Å². The van der Waals surface area contributed by atoms with Crippen molar-refractivity contribution in [2.24, 2.45) is 0 Å². The van der Waals surface area contributed by atoms with Crippen LogP contribution in [0.1, 0.15) is 36.6 Å². The Bertz CT molecular complexity index is 1310. The molecule has 13 heteroatoms. The zero-order valence-electron chi connectivity index (χ0n) is 20.6. The number of anilines is 1. The molecule has 0 radical (unpaired) electrons. The van der Waals surface area contributed by atoms with Gasteiger partial charge in [-0.05, 0) is 58.5 Å². The Morgan fingerprint density at radius 3 is 2.57 bits per heavy atom. The third-order valence-electron chi connectivity index (χ3n) is 6.19. The number of hydrogen-bond donors (Lipinski definition) is 1. The topological polar surface area (TPSA) is 119 Å². The number of alkyl halides is 2. The van der Waals surface area contributed by atoms with Crippen molar-refractivity contribution in [1.29, 1.82) is 0 Å². The van der Waals surface area contributed by atoms with Crippen molar-refractivity contribution in [1.82, 2.24) is 24.8 Å². The Labute approximate surface area is 214 Å². The first-order valence-electron chi connectivity index (χ1n) is 11.6. The normalized spacial score (nSPS) is 20.1. The molecule has 37 heavy (non-hydrogen) atoms. The van der Waals surface area contributed by atoms with Crippen molar-refractivity contribution in [2.45, 2.75) is 55.8 Å². The maximum Gasteiger partial charge on any atom is 0.388 e. The van der Waals surface area contributed by atoms with Gasteiger partial charge in [0.05, 0.1) is 5.69 Å². The molecule has 3 heterocycles. The number of halogens is 2. The molecule has 0 amide bonds. The van der Waals surface area contributed by atoms with Crippen LogP contribution in [0.5, 0.6) is 11.8 Å². The highest BCUT2D eigenvalue weighted by atomic mass is 32.2. The second-order valence-corrected chi connectivity index (χ2v) is 10.6. The van der Waals surface area contributed by atoms with E-state index in [1.54, 1.807) is 13.0 Å². The molecule has 0 unspecified atom stereocenters. The van der Waals surface area contributed by atoms with E-state index >= 15 is 0 Å².